The number of carbonyl (C=O) groups excluding carboxylic acids is 1. The molecule has 5 heteroatoms. The SMILES string of the molecule is O=C(CN1CCC[C@@H]1[C@H]1CCCC[C@H]1O)NC1CCOCC1. The highest BCUT2D eigenvalue weighted by Crippen LogP contribution is 2.34. The molecule has 22 heavy (non-hydrogen) atoms. The second-order valence-corrected chi connectivity index (χ2v) is 7.15. The van der Waals surface area contributed by atoms with Crippen molar-refractivity contribution in [1.29, 1.82) is 0 Å². The Kier molecular flexibility index (Phi) is 5.71. The minimum absolute atomic E-state index is 0.143. The molecule has 0 spiro atoms. The van der Waals surface area contributed by atoms with Crippen LogP contribution in [0.25, 0.3) is 0 Å². The van der Waals surface area contributed by atoms with Crippen LogP contribution >= 0.6 is 0 Å². The molecule has 0 unspecified atom stereocenters. The van der Waals surface area contributed by atoms with Crippen LogP contribution in [0.5, 0.6) is 0 Å². The second-order valence-electron chi connectivity index (χ2n) is 7.15. The van der Waals surface area contributed by atoms with Crippen LogP contribution in [-0.2, 0) is 9.53 Å². The lowest BCUT2D eigenvalue weighted by atomic mass is 9.80. The van der Waals surface area contributed by atoms with E-state index >= 15 is 0 Å². The van der Waals surface area contributed by atoms with Crippen molar-refractivity contribution in [2.45, 2.75) is 69.6 Å². The predicted molar refractivity (Wildman–Crippen MR) is 84.5 cm³/mol. The summed E-state index contributed by atoms with van der Waals surface area (Å²) in [5.74, 6) is 0.510. The number of aliphatic hydroxyl groups is 1. The van der Waals surface area contributed by atoms with Gasteiger partial charge in [0, 0.05) is 31.2 Å². The Hall–Kier alpha value is -0.650. The summed E-state index contributed by atoms with van der Waals surface area (Å²) in [6, 6.07) is 0.679. The van der Waals surface area contributed by atoms with Crippen molar-refractivity contribution in [2.24, 2.45) is 5.92 Å². The van der Waals surface area contributed by atoms with E-state index in [4.69, 9.17) is 4.74 Å². The van der Waals surface area contributed by atoms with Crippen LogP contribution in [0.3, 0.4) is 0 Å². The third kappa shape index (κ3) is 4.00. The number of carbonyl (C=O) groups is 1. The van der Waals surface area contributed by atoms with Gasteiger partial charge in [-0.25, -0.2) is 0 Å². The normalized spacial score (nSPS) is 34.7. The summed E-state index contributed by atoms with van der Waals surface area (Å²) in [5.41, 5.74) is 0. The Morgan fingerprint density at radius 2 is 1.86 bits per heavy atom. The molecule has 5 nitrogen and oxygen atoms in total. The summed E-state index contributed by atoms with van der Waals surface area (Å²) in [4.78, 5) is 14.6. The molecular weight excluding hydrogens is 280 g/mol. The lowest BCUT2D eigenvalue weighted by molar-refractivity contribution is -0.124. The highest BCUT2D eigenvalue weighted by Gasteiger charge is 2.37. The van der Waals surface area contributed by atoms with E-state index in [1.54, 1.807) is 0 Å². The number of nitrogens with zero attached hydrogens (tertiary/aromatic N) is 1. The summed E-state index contributed by atoms with van der Waals surface area (Å²) in [6.45, 7) is 3.00. The van der Waals surface area contributed by atoms with E-state index in [0.29, 0.717) is 18.5 Å². The monoisotopic (exact) mass is 310 g/mol. The van der Waals surface area contributed by atoms with Crippen LogP contribution in [0.1, 0.15) is 51.4 Å². The van der Waals surface area contributed by atoms with Gasteiger partial charge in [0.15, 0.2) is 0 Å². The fourth-order valence-corrected chi connectivity index (χ4v) is 4.42. The van der Waals surface area contributed by atoms with Crippen molar-refractivity contribution in [3.63, 3.8) is 0 Å². The molecule has 0 bridgehead atoms. The van der Waals surface area contributed by atoms with Crippen LogP contribution in [0.4, 0.5) is 0 Å². The van der Waals surface area contributed by atoms with Gasteiger partial charge in [-0.2, -0.15) is 0 Å². The molecule has 0 aromatic heterocycles. The summed E-state index contributed by atoms with van der Waals surface area (Å²) in [6.07, 6.45) is 8.39. The highest BCUT2D eigenvalue weighted by atomic mass is 16.5. The number of hydrogen-bond donors (Lipinski definition) is 2. The minimum atomic E-state index is -0.169. The Bertz CT molecular complexity index is 371. The number of ether oxygens (including phenoxy) is 1. The van der Waals surface area contributed by atoms with E-state index in [0.717, 1.165) is 64.7 Å². The molecule has 2 saturated heterocycles. The van der Waals surface area contributed by atoms with Gasteiger partial charge in [0.05, 0.1) is 12.6 Å². The molecule has 0 aromatic rings. The maximum Gasteiger partial charge on any atom is 0.234 e. The molecule has 126 valence electrons. The van der Waals surface area contributed by atoms with Crippen molar-refractivity contribution in [3.8, 4) is 0 Å². The quantitative estimate of drug-likeness (QED) is 0.821. The Labute approximate surface area is 133 Å². The van der Waals surface area contributed by atoms with Crippen molar-refractivity contribution < 1.29 is 14.6 Å². The molecule has 0 aromatic carbocycles. The molecule has 3 atom stereocenters. The number of likely N-dealkylation sites (tertiary alicyclic amines) is 1. The van der Waals surface area contributed by atoms with Crippen LogP contribution < -0.4 is 5.32 Å². The van der Waals surface area contributed by atoms with Gasteiger partial charge in [-0.15, -0.1) is 0 Å². The third-order valence-electron chi connectivity index (χ3n) is 5.62. The van der Waals surface area contributed by atoms with E-state index in [-0.39, 0.29) is 18.1 Å². The molecular formula is C17H30N2O3. The first kappa shape index (κ1) is 16.2. The topological polar surface area (TPSA) is 61.8 Å². The molecule has 2 N–H and O–H groups in total. The zero-order valence-corrected chi connectivity index (χ0v) is 13.5. The van der Waals surface area contributed by atoms with E-state index < -0.39 is 0 Å². The fourth-order valence-electron chi connectivity index (χ4n) is 4.42. The van der Waals surface area contributed by atoms with Gasteiger partial charge in [-0.3, -0.25) is 9.69 Å². The summed E-state index contributed by atoms with van der Waals surface area (Å²) in [7, 11) is 0. The number of nitrogens with one attached hydrogen (secondary N) is 1. The first-order chi connectivity index (χ1) is 10.7. The zero-order valence-electron chi connectivity index (χ0n) is 13.5. The first-order valence-corrected chi connectivity index (χ1v) is 9.03. The van der Waals surface area contributed by atoms with Gasteiger partial charge in [0.2, 0.25) is 5.91 Å². The lowest BCUT2D eigenvalue weighted by Gasteiger charge is -2.37. The van der Waals surface area contributed by atoms with Crippen LogP contribution in [-0.4, -0.2) is 60.4 Å². The maximum atomic E-state index is 12.3. The van der Waals surface area contributed by atoms with Gasteiger partial charge >= 0.3 is 0 Å². The predicted octanol–water partition coefficient (Wildman–Crippen LogP) is 1.30. The van der Waals surface area contributed by atoms with Gasteiger partial charge in [-0.1, -0.05) is 12.8 Å². The van der Waals surface area contributed by atoms with E-state index in [2.05, 4.69) is 10.2 Å². The third-order valence-corrected chi connectivity index (χ3v) is 5.62. The molecule has 1 aliphatic carbocycles. The Morgan fingerprint density at radius 1 is 1.09 bits per heavy atom. The van der Waals surface area contributed by atoms with E-state index in [9.17, 15) is 9.90 Å². The first-order valence-electron chi connectivity index (χ1n) is 9.03. The summed E-state index contributed by atoms with van der Waals surface area (Å²) in [5, 5.41) is 13.5. The number of amides is 1. The van der Waals surface area contributed by atoms with Gasteiger partial charge < -0.3 is 15.2 Å². The second kappa shape index (κ2) is 7.75. The molecule has 2 heterocycles. The average Bonchev–Trinajstić information content (AvgIpc) is 2.96. The Balaban J connectivity index is 1.50. The number of rotatable bonds is 4. The Morgan fingerprint density at radius 3 is 2.64 bits per heavy atom. The van der Waals surface area contributed by atoms with Crippen LogP contribution in [0, 0.1) is 5.92 Å². The highest BCUT2D eigenvalue weighted by molar-refractivity contribution is 5.78. The molecule has 0 radical (unpaired) electrons. The molecule has 1 saturated carbocycles. The summed E-state index contributed by atoms with van der Waals surface area (Å²) >= 11 is 0. The molecule has 1 amide bonds. The largest absolute Gasteiger partial charge is 0.393 e. The molecule has 3 aliphatic rings. The van der Waals surface area contributed by atoms with Crippen molar-refractivity contribution >= 4 is 5.91 Å². The van der Waals surface area contributed by atoms with E-state index in [1.807, 2.05) is 0 Å². The summed E-state index contributed by atoms with van der Waals surface area (Å²) < 4.78 is 5.33. The smallest absolute Gasteiger partial charge is 0.234 e. The number of aliphatic hydroxyl groups excluding tert-OH is 1. The maximum absolute atomic E-state index is 12.3. The molecule has 3 rings (SSSR count). The average molecular weight is 310 g/mol. The standard InChI is InChI=1S/C17H30N2O3/c20-16-6-2-1-4-14(16)15-5-3-9-19(15)12-17(21)18-13-7-10-22-11-8-13/h13-16,20H,1-12H2,(H,18,21)/t14-,15-,16-/m1/s1. The van der Waals surface area contributed by atoms with Crippen LogP contribution in [0.2, 0.25) is 0 Å². The van der Waals surface area contributed by atoms with Gasteiger partial charge in [0.25, 0.3) is 0 Å². The lowest BCUT2D eigenvalue weighted by Crippen LogP contribution is -2.48. The van der Waals surface area contributed by atoms with Gasteiger partial charge in [0.1, 0.15) is 0 Å². The minimum Gasteiger partial charge on any atom is -0.393 e. The van der Waals surface area contributed by atoms with E-state index in [1.165, 1.54) is 6.42 Å². The van der Waals surface area contributed by atoms with Crippen molar-refractivity contribution in [1.82, 2.24) is 10.2 Å². The van der Waals surface area contributed by atoms with Crippen molar-refractivity contribution in [3.05, 3.63) is 0 Å². The van der Waals surface area contributed by atoms with Gasteiger partial charge in [-0.05, 0) is 45.1 Å². The number of hydrogen-bond acceptors (Lipinski definition) is 4. The zero-order chi connectivity index (χ0) is 15.4. The molecule has 2 aliphatic heterocycles. The molecule has 3 fully saturated rings. The van der Waals surface area contributed by atoms with Crippen LogP contribution in [0.15, 0.2) is 0 Å². The fraction of sp³-hybridized carbons (Fsp3) is 0.941. The van der Waals surface area contributed by atoms with Crippen molar-refractivity contribution in [2.75, 3.05) is 26.3 Å².